The lowest BCUT2D eigenvalue weighted by Crippen LogP contribution is -2.24. The van der Waals surface area contributed by atoms with Crippen LogP contribution in [-0.2, 0) is 6.42 Å². The highest BCUT2D eigenvalue weighted by Gasteiger charge is 2.16. The van der Waals surface area contributed by atoms with Gasteiger partial charge in [-0.15, -0.1) is 0 Å². The van der Waals surface area contributed by atoms with Crippen LogP contribution in [0.15, 0.2) is 41.1 Å². The second-order valence-electron chi connectivity index (χ2n) is 4.85. The number of likely N-dealkylation sites (N-methyl/N-ethyl adjacent to an activating group) is 1. The fraction of sp³-hybridized carbons (Fsp3) is 0.312. The number of pyridine rings is 1. The second-order valence-corrected chi connectivity index (χ2v) is 5.77. The molecular weight excluding hydrogens is 319 g/mol. The Bertz CT molecular complexity index is 586. The summed E-state index contributed by atoms with van der Waals surface area (Å²) in [5.41, 5.74) is 2.86. The normalized spacial score (nSPS) is 12.4. The van der Waals surface area contributed by atoms with E-state index >= 15 is 0 Å². The van der Waals surface area contributed by atoms with Crippen LogP contribution < -0.4 is 5.32 Å². The highest BCUT2D eigenvalue weighted by Crippen LogP contribution is 2.23. The van der Waals surface area contributed by atoms with Gasteiger partial charge in [0.2, 0.25) is 0 Å². The Balaban J connectivity index is 2.29. The molecule has 20 heavy (non-hydrogen) atoms. The van der Waals surface area contributed by atoms with Gasteiger partial charge in [-0.25, -0.2) is 4.39 Å². The molecule has 0 amide bonds. The Morgan fingerprint density at radius 2 is 2.10 bits per heavy atom. The zero-order chi connectivity index (χ0) is 14.5. The third kappa shape index (κ3) is 3.87. The van der Waals surface area contributed by atoms with Crippen molar-refractivity contribution in [3.8, 4) is 0 Å². The Labute approximate surface area is 127 Å². The lowest BCUT2D eigenvalue weighted by molar-refractivity contribution is 0.509. The molecule has 1 aromatic heterocycles. The minimum atomic E-state index is -0.162. The first-order valence-electron chi connectivity index (χ1n) is 6.69. The van der Waals surface area contributed by atoms with Crippen LogP contribution in [0.5, 0.6) is 0 Å². The van der Waals surface area contributed by atoms with E-state index in [1.807, 2.05) is 32.2 Å². The van der Waals surface area contributed by atoms with Crippen molar-refractivity contribution in [2.75, 3.05) is 6.54 Å². The topological polar surface area (TPSA) is 24.9 Å². The SMILES string of the molecule is CCNC(Cc1cncc(Br)c1)c1cc(C)ccc1F. The third-order valence-corrected chi connectivity index (χ3v) is 3.61. The quantitative estimate of drug-likeness (QED) is 0.885. The van der Waals surface area contributed by atoms with Gasteiger partial charge >= 0.3 is 0 Å². The molecule has 106 valence electrons. The number of aromatic nitrogens is 1. The number of hydrogen-bond acceptors (Lipinski definition) is 2. The van der Waals surface area contributed by atoms with Crippen molar-refractivity contribution in [2.45, 2.75) is 26.3 Å². The molecule has 0 radical (unpaired) electrons. The fourth-order valence-corrected chi connectivity index (χ4v) is 2.68. The van der Waals surface area contributed by atoms with Gasteiger partial charge in [0.05, 0.1) is 0 Å². The third-order valence-electron chi connectivity index (χ3n) is 3.18. The molecule has 4 heteroatoms. The van der Waals surface area contributed by atoms with Crippen molar-refractivity contribution in [2.24, 2.45) is 0 Å². The van der Waals surface area contributed by atoms with Crippen molar-refractivity contribution in [3.05, 3.63) is 63.6 Å². The molecule has 1 N–H and O–H groups in total. The molecule has 2 nitrogen and oxygen atoms in total. The number of hydrogen-bond donors (Lipinski definition) is 1. The maximum Gasteiger partial charge on any atom is 0.128 e. The van der Waals surface area contributed by atoms with E-state index in [4.69, 9.17) is 0 Å². The van der Waals surface area contributed by atoms with Crippen LogP contribution in [0.2, 0.25) is 0 Å². The predicted octanol–water partition coefficient (Wildman–Crippen LogP) is 4.18. The standard InChI is InChI=1S/C16H18BrFN2/c1-3-20-16(8-12-7-13(17)10-19-9-12)14-6-11(2)4-5-15(14)18/h4-7,9-10,16,20H,3,8H2,1-2H3. The molecule has 0 fully saturated rings. The summed E-state index contributed by atoms with van der Waals surface area (Å²) < 4.78 is 15.0. The maximum absolute atomic E-state index is 14.1. The summed E-state index contributed by atoms with van der Waals surface area (Å²) in [5.74, 6) is -0.162. The summed E-state index contributed by atoms with van der Waals surface area (Å²) in [6.45, 7) is 4.80. The number of rotatable bonds is 5. The van der Waals surface area contributed by atoms with Crippen LogP contribution in [0.25, 0.3) is 0 Å². The maximum atomic E-state index is 14.1. The van der Waals surface area contributed by atoms with Gasteiger partial charge in [-0.2, -0.15) is 0 Å². The van der Waals surface area contributed by atoms with Crippen LogP contribution in [0.1, 0.15) is 29.7 Å². The van der Waals surface area contributed by atoms with Gasteiger partial charge in [-0.05, 0) is 53.5 Å². The van der Waals surface area contributed by atoms with Crippen molar-refractivity contribution < 1.29 is 4.39 Å². The Hall–Kier alpha value is -1.26. The number of aryl methyl sites for hydroxylation is 1. The molecular formula is C16H18BrFN2. The van der Waals surface area contributed by atoms with Gasteiger partial charge in [0.15, 0.2) is 0 Å². The van der Waals surface area contributed by atoms with Crippen molar-refractivity contribution in [1.82, 2.24) is 10.3 Å². The Kier molecular flexibility index (Phi) is 5.26. The molecule has 1 aromatic carbocycles. The Morgan fingerprint density at radius 1 is 1.30 bits per heavy atom. The van der Waals surface area contributed by atoms with E-state index in [9.17, 15) is 4.39 Å². The van der Waals surface area contributed by atoms with Crippen LogP contribution >= 0.6 is 15.9 Å². The van der Waals surface area contributed by atoms with E-state index in [0.717, 1.165) is 22.1 Å². The highest BCUT2D eigenvalue weighted by molar-refractivity contribution is 9.10. The lowest BCUT2D eigenvalue weighted by Gasteiger charge is -2.19. The van der Waals surface area contributed by atoms with Gasteiger partial charge in [-0.1, -0.05) is 24.6 Å². The van der Waals surface area contributed by atoms with Crippen molar-refractivity contribution in [3.63, 3.8) is 0 Å². The molecule has 0 aliphatic heterocycles. The molecule has 0 saturated heterocycles. The van der Waals surface area contributed by atoms with Gasteiger partial charge in [-0.3, -0.25) is 4.98 Å². The molecule has 0 aliphatic carbocycles. The molecule has 0 saturated carbocycles. The average molecular weight is 337 g/mol. The van der Waals surface area contributed by atoms with E-state index < -0.39 is 0 Å². The van der Waals surface area contributed by atoms with Crippen LogP contribution in [0, 0.1) is 12.7 Å². The number of benzene rings is 1. The van der Waals surface area contributed by atoms with E-state index in [-0.39, 0.29) is 11.9 Å². The van der Waals surface area contributed by atoms with Crippen molar-refractivity contribution >= 4 is 15.9 Å². The first-order valence-corrected chi connectivity index (χ1v) is 7.48. The summed E-state index contributed by atoms with van der Waals surface area (Å²) in [5, 5.41) is 3.35. The van der Waals surface area contributed by atoms with E-state index in [2.05, 4.69) is 26.2 Å². The predicted molar refractivity (Wildman–Crippen MR) is 83.2 cm³/mol. The van der Waals surface area contributed by atoms with E-state index in [0.29, 0.717) is 12.0 Å². The number of nitrogens with zero attached hydrogens (tertiary/aromatic N) is 1. The van der Waals surface area contributed by atoms with Crippen LogP contribution in [0.3, 0.4) is 0 Å². The fourth-order valence-electron chi connectivity index (χ4n) is 2.27. The minimum absolute atomic E-state index is 0.0454. The zero-order valence-corrected chi connectivity index (χ0v) is 13.2. The first kappa shape index (κ1) is 15.1. The lowest BCUT2D eigenvalue weighted by atomic mass is 9.98. The summed E-state index contributed by atoms with van der Waals surface area (Å²) in [4.78, 5) is 4.16. The largest absolute Gasteiger partial charge is 0.310 e. The van der Waals surface area contributed by atoms with Crippen molar-refractivity contribution in [1.29, 1.82) is 0 Å². The molecule has 2 aromatic rings. The zero-order valence-electron chi connectivity index (χ0n) is 11.7. The molecule has 1 heterocycles. The van der Waals surface area contributed by atoms with Gasteiger partial charge < -0.3 is 5.32 Å². The van der Waals surface area contributed by atoms with Gasteiger partial charge in [0.1, 0.15) is 5.82 Å². The van der Waals surface area contributed by atoms with E-state index in [1.165, 1.54) is 6.07 Å². The molecule has 0 spiro atoms. The summed E-state index contributed by atoms with van der Waals surface area (Å²) in [6, 6.07) is 7.21. The summed E-state index contributed by atoms with van der Waals surface area (Å²) in [6.07, 6.45) is 4.28. The molecule has 1 atom stereocenters. The molecule has 0 bridgehead atoms. The van der Waals surface area contributed by atoms with Gasteiger partial charge in [0.25, 0.3) is 0 Å². The van der Waals surface area contributed by atoms with Gasteiger partial charge in [0, 0.05) is 28.5 Å². The Morgan fingerprint density at radius 3 is 2.80 bits per heavy atom. The summed E-state index contributed by atoms with van der Waals surface area (Å²) in [7, 11) is 0. The summed E-state index contributed by atoms with van der Waals surface area (Å²) >= 11 is 3.42. The monoisotopic (exact) mass is 336 g/mol. The molecule has 0 aliphatic rings. The molecule has 1 unspecified atom stereocenters. The first-order chi connectivity index (χ1) is 9.60. The molecule has 2 rings (SSSR count). The highest BCUT2D eigenvalue weighted by atomic mass is 79.9. The van der Waals surface area contributed by atoms with Crippen LogP contribution in [0.4, 0.5) is 4.39 Å². The smallest absolute Gasteiger partial charge is 0.128 e. The number of halogens is 2. The van der Waals surface area contributed by atoms with E-state index in [1.54, 1.807) is 12.3 Å². The van der Waals surface area contributed by atoms with Crippen LogP contribution in [-0.4, -0.2) is 11.5 Å². The second kappa shape index (κ2) is 6.95. The number of nitrogens with one attached hydrogen (secondary N) is 1. The minimum Gasteiger partial charge on any atom is -0.310 e. The average Bonchev–Trinajstić information content (AvgIpc) is 2.41.